The first-order valence-electron chi connectivity index (χ1n) is 8.46. The summed E-state index contributed by atoms with van der Waals surface area (Å²) in [7, 11) is 0. The minimum Gasteiger partial charge on any atom is -0.491 e. The number of para-hydroxylation sites is 2. The van der Waals surface area contributed by atoms with Crippen LogP contribution in [-0.4, -0.2) is 21.1 Å². The predicted molar refractivity (Wildman–Crippen MR) is 101 cm³/mol. The van der Waals surface area contributed by atoms with Gasteiger partial charge >= 0.3 is 0 Å². The molecule has 0 saturated carbocycles. The molecule has 4 rings (SSSR count). The van der Waals surface area contributed by atoms with Crippen molar-refractivity contribution in [2.75, 3.05) is 12.3 Å². The van der Waals surface area contributed by atoms with Gasteiger partial charge in [0, 0.05) is 5.39 Å². The quantitative estimate of drug-likeness (QED) is 0.595. The lowest BCUT2D eigenvalue weighted by Crippen LogP contribution is -2.16. The number of fused-ring (bicyclic) bond motifs is 3. The molecule has 0 aliphatic carbocycles. The second kappa shape index (κ2) is 6.43. The number of nitrogens with two attached hydrogens (primary N) is 1. The van der Waals surface area contributed by atoms with Crippen LogP contribution in [0.3, 0.4) is 0 Å². The fourth-order valence-electron chi connectivity index (χ4n) is 3.15. The molecule has 0 amide bonds. The van der Waals surface area contributed by atoms with Crippen LogP contribution in [0.5, 0.6) is 5.75 Å². The van der Waals surface area contributed by atoms with Gasteiger partial charge in [0.25, 0.3) is 0 Å². The zero-order valence-electron chi connectivity index (χ0n) is 14.1. The highest BCUT2D eigenvalue weighted by Gasteiger charge is 2.17. The minimum absolute atomic E-state index is 0.162. The molecule has 0 fully saturated rings. The van der Waals surface area contributed by atoms with E-state index in [4.69, 9.17) is 10.5 Å². The largest absolute Gasteiger partial charge is 0.491 e. The molecule has 0 bridgehead atoms. The molecule has 0 aliphatic rings. The Labute approximate surface area is 146 Å². The van der Waals surface area contributed by atoms with Crippen LogP contribution in [0.2, 0.25) is 0 Å². The van der Waals surface area contributed by atoms with E-state index in [2.05, 4.69) is 27.5 Å². The zero-order chi connectivity index (χ0) is 17.2. The number of rotatable bonds is 5. The maximum Gasteiger partial charge on any atom is 0.152 e. The number of imidazole rings is 1. The van der Waals surface area contributed by atoms with E-state index in [0.717, 1.165) is 34.1 Å². The van der Waals surface area contributed by atoms with E-state index >= 15 is 0 Å². The number of hydrogen-bond acceptors (Lipinski definition) is 4. The monoisotopic (exact) mass is 332 g/mol. The van der Waals surface area contributed by atoms with E-state index in [0.29, 0.717) is 12.4 Å². The van der Waals surface area contributed by atoms with Gasteiger partial charge in [-0.25, -0.2) is 9.97 Å². The zero-order valence-corrected chi connectivity index (χ0v) is 14.1. The van der Waals surface area contributed by atoms with Crippen molar-refractivity contribution in [2.45, 2.75) is 19.4 Å². The molecule has 2 aromatic carbocycles. The van der Waals surface area contributed by atoms with Gasteiger partial charge in [0.1, 0.15) is 17.9 Å². The van der Waals surface area contributed by atoms with E-state index in [9.17, 15) is 0 Å². The summed E-state index contributed by atoms with van der Waals surface area (Å²) in [6.45, 7) is 2.72. The van der Waals surface area contributed by atoms with Gasteiger partial charge in [-0.3, -0.25) is 0 Å². The topological polar surface area (TPSA) is 66.0 Å². The van der Waals surface area contributed by atoms with E-state index in [1.54, 1.807) is 0 Å². The molecule has 126 valence electrons. The summed E-state index contributed by atoms with van der Waals surface area (Å²) in [5, 5.41) is 1.06. The maximum absolute atomic E-state index is 6.12. The van der Waals surface area contributed by atoms with Gasteiger partial charge in [-0.2, -0.15) is 0 Å². The average Bonchev–Trinajstić information content (AvgIpc) is 3.09. The second-order valence-electron chi connectivity index (χ2n) is 6.05. The molecule has 2 aromatic heterocycles. The van der Waals surface area contributed by atoms with Crippen LogP contribution in [0.4, 0.5) is 5.82 Å². The fraction of sp³-hybridized carbons (Fsp3) is 0.200. The second-order valence-corrected chi connectivity index (χ2v) is 6.05. The lowest BCUT2D eigenvalue weighted by Gasteiger charge is -2.19. The molecule has 2 N–H and O–H groups in total. The van der Waals surface area contributed by atoms with Crippen LogP contribution in [0.1, 0.15) is 19.4 Å². The first-order valence-corrected chi connectivity index (χ1v) is 8.46. The maximum atomic E-state index is 6.12. The lowest BCUT2D eigenvalue weighted by atomic mass is 10.1. The Morgan fingerprint density at radius 2 is 1.84 bits per heavy atom. The van der Waals surface area contributed by atoms with Crippen molar-refractivity contribution in [3.63, 3.8) is 0 Å². The van der Waals surface area contributed by atoms with Crippen molar-refractivity contribution >= 4 is 27.8 Å². The third-order valence-electron chi connectivity index (χ3n) is 4.49. The number of nitrogen functional groups attached to an aromatic ring is 1. The Morgan fingerprint density at radius 3 is 2.64 bits per heavy atom. The summed E-state index contributed by atoms with van der Waals surface area (Å²) in [4.78, 5) is 8.98. The smallest absolute Gasteiger partial charge is 0.152 e. The predicted octanol–water partition coefficient (Wildman–Crippen LogP) is 4.20. The molecule has 5 heteroatoms. The van der Waals surface area contributed by atoms with Crippen LogP contribution in [0.25, 0.3) is 21.9 Å². The van der Waals surface area contributed by atoms with Crippen molar-refractivity contribution in [3.05, 3.63) is 60.9 Å². The molecule has 1 atom stereocenters. The van der Waals surface area contributed by atoms with E-state index in [1.807, 2.05) is 54.9 Å². The molecule has 0 spiro atoms. The van der Waals surface area contributed by atoms with Crippen LogP contribution in [-0.2, 0) is 0 Å². The number of pyridine rings is 1. The number of ether oxygens (including phenoxy) is 1. The normalized spacial score (nSPS) is 12.5. The first kappa shape index (κ1) is 15.4. The molecule has 1 unspecified atom stereocenters. The third kappa shape index (κ3) is 2.78. The highest BCUT2D eigenvalue weighted by atomic mass is 16.5. The summed E-state index contributed by atoms with van der Waals surface area (Å²) in [6, 6.07) is 18.1. The molecular formula is C20H20N4O. The van der Waals surface area contributed by atoms with Gasteiger partial charge in [0.2, 0.25) is 0 Å². The highest BCUT2D eigenvalue weighted by molar-refractivity contribution is 6.06. The van der Waals surface area contributed by atoms with Gasteiger partial charge in [0.15, 0.2) is 5.82 Å². The van der Waals surface area contributed by atoms with Crippen molar-refractivity contribution in [2.24, 2.45) is 0 Å². The van der Waals surface area contributed by atoms with Gasteiger partial charge in [0.05, 0.1) is 23.4 Å². The Morgan fingerprint density at radius 1 is 1.08 bits per heavy atom. The van der Waals surface area contributed by atoms with Crippen LogP contribution in [0.15, 0.2) is 60.9 Å². The third-order valence-corrected chi connectivity index (χ3v) is 4.49. The van der Waals surface area contributed by atoms with E-state index in [1.165, 1.54) is 0 Å². The summed E-state index contributed by atoms with van der Waals surface area (Å²) >= 11 is 0. The summed E-state index contributed by atoms with van der Waals surface area (Å²) in [6.07, 6.45) is 2.77. The Kier molecular flexibility index (Phi) is 3.98. The molecule has 4 aromatic rings. The van der Waals surface area contributed by atoms with Crippen molar-refractivity contribution in [1.82, 2.24) is 14.5 Å². The van der Waals surface area contributed by atoms with E-state index < -0.39 is 0 Å². The summed E-state index contributed by atoms with van der Waals surface area (Å²) < 4.78 is 8.14. The molecule has 0 aliphatic heterocycles. The van der Waals surface area contributed by atoms with Gasteiger partial charge in [-0.15, -0.1) is 0 Å². The minimum atomic E-state index is 0.162. The van der Waals surface area contributed by atoms with Gasteiger partial charge in [-0.1, -0.05) is 43.3 Å². The van der Waals surface area contributed by atoms with Crippen molar-refractivity contribution in [1.29, 1.82) is 0 Å². The summed E-state index contributed by atoms with van der Waals surface area (Å²) in [5.41, 5.74) is 8.77. The van der Waals surface area contributed by atoms with Crippen LogP contribution >= 0.6 is 0 Å². The van der Waals surface area contributed by atoms with Gasteiger partial charge in [-0.05, 0) is 24.6 Å². The molecular weight excluding hydrogens is 312 g/mol. The highest BCUT2D eigenvalue weighted by Crippen LogP contribution is 2.30. The SMILES string of the molecule is CCC(COc1ccccc1)n1cnc2c(N)nc3ccccc3c21. The Bertz CT molecular complexity index is 1010. The number of benzene rings is 2. The van der Waals surface area contributed by atoms with E-state index in [-0.39, 0.29) is 6.04 Å². The standard InChI is InChI=1S/C20H20N4O/c1-2-14(12-25-15-8-4-3-5-9-15)24-13-22-18-19(24)16-10-6-7-11-17(16)23-20(18)21/h3-11,13-14H,2,12H2,1H3,(H2,21,23). The molecule has 0 radical (unpaired) electrons. The van der Waals surface area contributed by atoms with Crippen LogP contribution < -0.4 is 10.5 Å². The lowest BCUT2D eigenvalue weighted by molar-refractivity contribution is 0.248. The summed E-state index contributed by atoms with van der Waals surface area (Å²) in [5.74, 6) is 1.34. The number of aromatic nitrogens is 3. The number of hydrogen-bond donors (Lipinski definition) is 1. The molecule has 0 saturated heterocycles. The first-order chi connectivity index (χ1) is 12.3. The molecule has 5 nitrogen and oxygen atoms in total. The molecule has 2 heterocycles. The molecule has 25 heavy (non-hydrogen) atoms. The Hall–Kier alpha value is -3.08. The number of anilines is 1. The van der Waals surface area contributed by atoms with Crippen molar-refractivity contribution in [3.8, 4) is 5.75 Å². The fourth-order valence-corrected chi connectivity index (χ4v) is 3.15. The average molecular weight is 332 g/mol. The van der Waals surface area contributed by atoms with Crippen molar-refractivity contribution < 1.29 is 4.74 Å². The van der Waals surface area contributed by atoms with Gasteiger partial charge < -0.3 is 15.0 Å². The number of nitrogens with zero attached hydrogens (tertiary/aromatic N) is 3. The Balaban J connectivity index is 1.76. The van der Waals surface area contributed by atoms with Crippen LogP contribution in [0, 0.1) is 0 Å².